The van der Waals surface area contributed by atoms with Gasteiger partial charge in [0.2, 0.25) is 0 Å². The molecular formula is C129H200Cl4Si2Zr3. The minimum absolute atomic E-state index is 0. The first-order valence-corrected chi connectivity index (χ1v) is 71.2. The SMILES string of the molecule is C.C=CCCC(CC1C2C=C(C(C)(C)C)C=CC2C2C=CC(C(C)(C)C)=CC21)C1C2C=C(C)C=CC2C2C=CC(C(C)(C)C)=CC21.C=CCCC(CC1C2C=C(C)C=CC2C2C=CC(C(C)(C)C)=CC21)C1C2C=C(C(C)(C)C)C=CC2C2C=CC(C(C)(C)C)=CC21.C=CCCC(CC1CCC2C=CC=CC21)C1CCC2C=CC=CC21.[CH2-][Si](C)(C)C.[CH2-][Si](C)(C)C.[CH3-].[CH3-].[CH3-].[CH3-].[CH3-].[CH3-].[Cl][Zr+2][Cl].[Cl][Zr+2][Cl].[Zr+4]. The maximum Gasteiger partial charge on any atom is 4.00 e. The molecular weight excluding hydrogens is 2020 g/mol. The van der Waals surface area contributed by atoms with Gasteiger partial charge in [0.25, 0.3) is 0 Å². The molecule has 0 aromatic rings. The number of allylic oxidation sites excluding steroid dienone is 43. The zero-order valence-electron chi connectivity index (χ0n) is 92.7. The molecule has 16 aliphatic carbocycles. The molecule has 0 saturated heterocycles. The third-order valence-electron chi connectivity index (χ3n) is 32.6. The van der Waals surface area contributed by atoms with Crippen molar-refractivity contribution < 1.29 is 67.9 Å². The fourth-order valence-corrected chi connectivity index (χ4v) is 26.5. The molecule has 6 saturated carbocycles. The Kier molecular flexibility index (Phi) is 54.4. The van der Waals surface area contributed by atoms with E-state index < -0.39 is 57.8 Å². The zero-order chi connectivity index (χ0) is 95.7. The summed E-state index contributed by atoms with van der Waals surface area (Å²) >= 11 is -1.65. The van der Waals surface area contributed by atoms with E-state index in [1.165, 1.54) is 115 Å². The van der Waals surface area contributed by atoms with Gasteiger partial charge in [-0.2, -0.15) is 0 Å². The number of fused-ring (bicyclic) bond motifs is 14. The molecule has 0 bridgehead atoms. The molecule has 0 N–H and O–H groups in total. The van der Waals surface area contributed by atoms with Gasteiger partial charge in [0, 0.05) is 0 Å². The van der Waals surface area contributed by atoms with Crippen LogP contribution in [-0.4, -0.2) is 16.1 Å². The van der Waals surface area contributed by atoms with E-state index in [0.717, 1.165) is 54.3 Å². The van der Waals surface area contributed by atoms with Crippen molar-refractivity contribution in [3.05, 3.63) is 335 Å². The second-order valence-electron chi connectivity index (χ2n) is 51.1. The monoisotopic (exact) mass is 2220 g/mol. The Bertz CT molecular complexity index is 4360. The minimum atomic E-state index is -0.861. The van der Waals surface area contributed by atoms with E-state index in [1.807, 2.05) is 0 Å². The van der Waals surface area contributed by atoms with Crippen molar-refractivity contribution in [1.29, 1.82) is 0 Å². The molecule has 9 heteroatoms. The van der Waals surface area contributed by atoms with Crippen LogP contribution in [0.25, 0.3) is 0 Å². The van der Waals surface area contributed by atoms with Crippen LogP contribution in [0.5, 0.6) is 0 Å². The van der Waals surface area contributed by atoms with Gasteiger partial charge in [0.05, 0.1) is 0 Å². The van der Waals surface area contributed by atoms with Crippen molar-refractivity contribution in [3.63, 3.8) is 0 Å². The van der Waals surface area contributed by atoms with Gasteiger partial charge < -0.3 is 57.7 Å². The molecule has 0 heterocycles. The van der Waals surface area contributed by atoms with Gasteiger partial charge in [-0.15, -0.1) is 35.9 Å². The summed E-state index contributed by atoms with van der Waals surface area (Å²) in [4.78, 5) is 0. The quantitative estimate of drug-likeness (QED) is 0.0729. The molecule has 0 spiro atoms. The Labute approximate surface area is 915 Å². The van der Waals surface area contributed by atoms with Gasteiger partial charge in [0.15, 0.2) is 0 Å². The molecule has 27 unspecified atom stereocenters. The molecule has 0 radical (unpaired) electrons. The van der Waals surface area contributed by atoms with Crippen LogP contribution in [0.1, 0.15) is 229 Å². The smallest absolute Gasteiger partial charge is 4.00 e. The average molecular weight is 2220 g/mol. The molecule has 0 aromatic heterocycles. The van der Waals surface area contributed by atoms with Crippen molar-refractivity contribution in [2.45, 2.75) is 269 Å². The summed E-state index contributed by atoms with van der Waals surface area (Å²) in [6, 6.07) is 0. The molecule has 0 amide bonds. The van der Waals surface area contributed by atoms with Crippen molar-refractivity contribution >= 4 is 50.2 Å². The van der Waals surface area contributed by atoms with Crippen LogP contribution in [0, 0.1) is 262 Å². The normalized spacial score (nSPS) is 32.6. The molecule has 0 aromatic carbocycles. The second-order valence-corrected chi connectivity index (χ2v) is 68.8. The van der Waals surface area contributed by atoms with Crippen LogP contribution in [-0.2, 0) is 67.9 Å². The first-order valence-electron chi connectivity index (χ1n) is 51.2. The first-order chi connectivity index (χ1) is 60.8. The van der Waals surface area contributed by atoms with E-state index in [0.29, 0.717) is 130 Å². The van der Waals surface area contributed by atoms with Crippen LogP contribution >= 0.6 is 34.1 Å². The van der Waals surface area contributed by atoms with Gasteiger partial charge in [0.1, 0.15) is 0 Å². The molecule has 764 valence electrons. The Morgan fingerprint density at radius 2 is 0.543 bits per heavy atom. The van der Waals surface area contributed by atoms with Gasteiger partial charge in [-0.05, 0) is 335 Å². The number of halogens is 4. The molecule has 16 rings (SSSR count). The standard InChI is InChI=1S/2C45H62.C24H32.2C4H11Si.CH4.6CH3.4ClH.3Zr/c1-12-13-14-29(42-40-23-28(2)15-19-35(40)36-22-18-32(27-41(36)42)45(9,10)11)24-37-38-25-30(43(3,4)5)16-20-33(38)34-21-17-31(26-39(34)37)44(6,7)8;1-12-13-14-29(24-38-37-23-28(2)15-19-33(37)34-20-16-30(25-39(34)38)43(3,4)5)42-40-26-31(44(6,7)8)17-21-35(40)36-22-18-32(27-41(36)42)45(9,10)11;1-2-3-8-20(24-16-15-19-10-5-7-12-23(19)24)17-21-14-13-18-9-4-6-11-22(18)21;2*1-5(2,3)4;;;;;;;;;;;;;;/h2*12,15-23,25-27,29,33-42H,1,13-14,24H2,2-11H3;2,4-7,9-12,18-24H,1,3,8,13-17H2;2*1H2,2-4H3;1H4;6*1H3;4*1H;;;/q;;;2*-1;;6*-1;;;;;3*+4/p-4. The van der Waals surface area contributed by atoms with Gasteiger partial charge in [-0.1, -0.05) is 395 Å². The van der Waals surface area contributed by atoms with E-state index in [9.17, 15) is 0 Å². The second kappa shape index (κ2) is 56.8. The Morgan fingerprint density at radius 1 is 0.319 bits per heavy atom. The summed E-state index contributed by atoms with van der Waals surface area (Å²) in [6.45, 7) is 81.3. The van der Waals surface area contributed by atoms with Crippen molar-refractivity contribution in [2.24, 2.45) is 204 Å². The average Bonchev–Trinajstić information content (AvgIpc) is 1.58. The molecule has 16 aliphatic rings. The van der Waals surface area contributed by atoms with Crippen LogP contribution in [0.3, 0.4) is 0 Å². The fraction of sp³-hybridized carbons (Fsp3) is 0.581. The molecule has 0 nitrogen and oxygen atoms in total. The molecule has 138 heavy (non-hydrogen) atoms. The summed E-state index contributed by atoms with van der Waals surface area (Å²) in [7, 11) is 18.0. The topological polar surface area (TPSA) is 0 Å². The maximum absolute atomic E-state index is 4.93. The summed E-state index contributed by atoms with van der Waals surface area (Å²) in [5, 5.41) is 0. The predicted octanol–water partition coefficient (Wildman–Crippen LogP) is 40.6. The van der Waals surface area contributed by atoms with E-state index >= 15 is 0 Å². The number of hydrogen-bond acceptors (Lipinski definition) is 0. The fourth-order valence-electron chi connectivity index (χ4n) is 26.5. The summed E-state index contributed by atoms with van der Waals surface area (Å²) in [6.07, 6.45) is 105. The Morgan fingerprint density at radius 3 is 0.833 bits per heavy atom. The molecule has 0 aliphatic heterocycles. The number of hydrogen-bond donors (Lipinski definition) is 0. The largest absolute Gasteiger partial charge is 4.00 e. The third kappa shape index (κ3) is 34.7. The summed E-state index contributed by atoms with van der Waals surface area (Å²) < 4.78 is 0. The van der Waals surface area contributed by atoms with Crippen molar-refractivity contribution in [2.75, 3.05) is 0 Å². The molecule has 6 fully saturated rings. The van der Waals surface area contributed by atoms with Crippen molar-refractivity contribution in [1.82, 2.24) is 0 Å². The van der Waals surface area contributed by atoms with E-state index in [2.05, 4.69) is 423 Å². The zero-order valence-corrected chi connectivity index (χ0v) is 105. The van der Waals surface area contributed by atoms with Gasteiger partial charge in [-0.25, -0.2) is 0 Å². The summed E-state index contributed by atoms with van der Waals surface area (Å²) in [5.74, 6) is 19.7. The van der Waals surface area contributed by atoms with E-state index in [4.69, 9.17) is 34.1 Å². The summed E-state index contributed by atoms with van der Waals surface area (Å²) in [5.41, 5.74) is 13.2. The number of rotatable bonds is 18. The van der Waals surface area contributed by atoms with Crippen molar-refractivity contribution in [3.8, 4) is 0 Å². The van der Waals surface area contributed by atoms with E-state index in [1.54, 1.807) is 0 Å². The van der Waals surface area contributed by atoms with Crippen LogP contribution in [0.4, 0.5) is 0 Å². The minimum Gasteiger partial charge on any atom is 4.00 e. The van der Waals surface area contributed by atoms with Crippen LogP contribution in [0.2, 0.25) is 39.3 Å². The Balaban J connectivity index is 0.000000650. The molecule has 27 atom stereocenters. The third-order valence-corrected chi connectivity index (χ3v) is 32.6. The van der Waals surface area contributed by atoms with Gasteiger partial charge in [-0.3, -0.25) is 0 Å². The van der Waals surface area contributed by atoms with Crippen LogP contribution in [0.15, 0.2) is 277 Å². The maximum atomic E-state index is 4.93. The van der Waals surface area contributed by atoms with Gasteiger partial charge >= 0.3 is 102 Å². The Hall–Kier alpha value is -1.74. The predicted molar refractivity (Wildman–Crippen MR) is 620 cm³/mol. The van der Waals surface area contributed by atoms with E-state index in [-0.39, 0.29) is 111 Å². The van der Waals surface area contributed by atoms with Crippen LogP contribution < -0.4 is 0 Å². The first kappa shape index (κ1) is 132.